The van der Waals surface area contributed by atoms with Gasteiger partial charge in [-0.05, 0) is 55.3 Å². The molecule has 1 aliphatic heterocycles. The van der Waals surface area contributed by atoms with E-state index < -0.39 is 11.6 Å². The predicted molar refractivity (Wildman–Crippen MR) is 114 cm³/mol. The monoisotopic (exact) mass is 413 g/mol. The lowest BCUT2D eigenvalue weighted by atomic mass is 10.0. The fraction of sp³-hybridized carbons (Fsp3) is 0.304. The molecule has 2 aromatic carbocycles. The largest absolute Gasteiger partial charge is 0.326 e. The highest BCUT2D eigenvalue weighted by atomic mass is 19.1. The number of benzene rings is 2. The van der Waals surface area contributed by atoms with Gasteiger partial charge in [-0.3, -0.25) is 4.79 Å². The molecule has 1 aliphatic rings. The van der Waals surface area contributed by atoms with Crippen molar-refractivity contribution in [2.24, 2.45) is 5.92 Å². The maximum absolute atomic E-state index is 13.8. The van der Waals surface area contributed by atoms with Crippen molar-refractivity contribution < 1.29 is 18.4 Å². The van der Waals surface area contributed by atoms with Crippen LogP contribution < -0.4 is 10.6 Å². The number of nitrogens with zero attached hydrogens (tertiary/aromatic N) is 1. The van der Waals surface area contributed by atoms with Gasteiger partial charge in [0.15, 0.2) is 0 Å². The van der Waals surface area contributed by atoms with E-state index in [1.807, 2.05) is 13.8 Å². The van der Waals surface area contributed by atoms with Crippen LogP contribution >= 0.6 is 0 Å². The summed E-state index contributed by atoms with van der Waals surface area (Å²) in [6, 6.07) is 10.1. The van der Waals surface area contributed by atoms with Crippen LogP contribution in [-0.4, -0.2) is 29.9 Å². The Hall–Kier alpha value is -3.22. The van der Waals surface area contributed by atoms with Gasteiger partial charge in [0.05, 0.1) is 0 Å². The Morgan fingerprint density at radius 3 is 2.17 bits per heavy atom. The molecule has 0 atom stereocenters. The summed E-state index contributed by atoms with van der Waals surface area (Å²) in [4.78, 5) is 25.9. The number of rotatable bonds is 4. The third-order valence-corrected chi connectivity index (χ3v) is 4.94. The predicted octanol–water partition coefficient (Wildman–Crippen LogP) is 5.27. The van der Waals surface area contributed by atoms with E-state index in [2.05, 4.69) is 10.6 Å². The van der Waals surface area contributed by atoms with Gasteiger partial charge in [0.25, 0.3) is 0 Å². The third-order valence-electron chi connectivity index (χ3n) is 4.94. The second-order valence-corrected chi connectivity index (χ2v) is 7.61. The molecule has 0 radical (unpaired) electrons. The molecule has 1 fully saturated rings. The van der Waals surface area contributed by atoms with Gasteiger partial charge in [0.2, 0.25) is 5.91 Å². The Kier molecular flexibility index (Phi) is 6.82. The molecule has 5 nitrogen and oxygen atoms in total. The summed E-state index contributed by atoms with van der Waals surface area (Å²) in [5.74, 6) is -1.12. The van der Waals surface area contributed by atoms with Crippen LogP contribution in [0.5, 0.6) is 0 Å². The van der Waals surface area contributed by atoms with Crippen LogP contribution in [0.3, 0.4) is 0 Å². The van der Waals surface area contributed by atoms with Gasteiger partial charge < -0.3 is 15.5 Å². The molecule has 2 N–H and O–H groups in total. The molecule has 3 amide bonds. The van der Waals surface area contributed by atoms with Gasteiger partial charge in [0.1, 0.15) is 11.6 Å². The Morgan fingerprint density at radius 1 is 0.967 bits per heavy atom. The van der Waals surface area contributed by atoms with Crippen molar-refractivity contribution in [3.8, 4) is 0 Å². The van der Waals surface area contributed by atoms with E-state index in [0.29, 0.717) is 37.3 Å². The van der Waals surface area contributed by atoms with Gasteiger partial charge >= 0.3 is 6.03 Å². The molecule has 30 heavy (non-hydrogen) atoms. The first kappa shape index (κ1) is 21.5. The lowest BCUT2D eigenvalue weighted by molar-refractivity contribution is -0.118. The van der Waals surface area contributed by atoms with E-state index in [1.54, 1.807) is 35.2 Å². The minimum Gasteiger partial charge on any atom is -0.326 e. The second-order valence-electron chi connectivity index (χ2n) is 7.61. The standard InChI is InChI=1S/C23H25F2N3O2/c1-15(2)22(29)26-19-4-6-20(7-5-19)27-23(30)28-11-9-16(10-12-28)13-17-14-18(24)3-8-21(17)25/h3-8,13-15H,9-12H2,1-2H3,(H,26,29)(H,27,30). The van der Waals surface area contributed by atoms with Crippen molar-refractivity contribution in [3.05, 3.63) is 65.2 Å². The number of urea groups is 1. The smallest absolute Gasteiger partial charge is 0.321 e. The minimum atomic E-state index is -0.477. The second kappa shape index (κ2) is 9.52. The van der Waals surface area contributed by atoms with E-state index in [-0.39, 0.29) is 23.4 Å². The summed E-state index contributed by atoms with van der Waals surface area (Å²) >= 11 is 0. The van der Waals surface area contributed by atoms with Crippen molar-refractivity contribution >= 4 is 29.4 Å². The molecule has 7 heteroatoms. The lowest BCUT2D eigenvalue weighted by Crippen LogP contribution is -2.39. The maximum Gasteiger partial charge on any atom is 0.321 e. The SMILES string of the molecule is CC(C)C(=O)Nc1ccc(NC(=O)N2CCC(=Cc3cc(F)ccc3F)CC2)cc1. The van der Waals surface area contributed by atoms with Crippen LogP contribution in [-0.2, 0) is 4.79 Å². The fourth-order valence-corrected chi connectivity index (χ4v) is 3.11. The number of anilines is 2. The number of nitrogens with one attached hydrogen (secondary N) is 2. The molecule has 0 spiro atoms. The van der Waals surface area contributed by atoms with Crippen molar-refractivity contribution in [1.82, 2.24) is 4.90 Å². The summed E-state index contributed by atoms with van der Waals surface area (Å²) in [5, 5.41) is 5.64. The molecule has 2 aromatic rings. The summed E-state index contributed by atoms with van der Waals surface area (Å²) in [6.07, 6.45) is 2.87. The average Bonchev–Trinajstić information content (AvgIpc) is 2.72. The molecule has 0 unspecified atom stereocenters. The van der Waals surface area contributed by atoms with Gasteiger partial charge in [-0.1, -0.05) is 25.5 Å². The number of halogens is 2. The summed E-state index contributed by atoms with van der Waals surface area (Å²) in [6.45, 7) is 4.63. The van der Waals surface area contributed by atoms with Crippen molar-refractivity contribution in [1.29, 1.82) is 0 Å². The van der Waals surface area contributed by atoms with Crippen molar-refractivity contribution in [2.45, 2.75) is 26.7 Å². The summed E-state index contributed by atoms with van der Waals surface area (Å²) in [5.41, 5.74) is 2.51. The molecular formula is C23H25F2N3O2. The maximum atomic E-state index is 13.8. The zero-order valence-corrected chi connectivity index (χ0v) is 17.0. The number of piperidine rings is 1. The van der Waals surface area contributed by atoms with Crippen LogP contribution in [0.1, 0.15) is 32.3 Å². The van der Waals surface area contributed by atoms with Gasteiger partial charge in [-0.15, -0.1) is 0 Å². The number of hydrogen-bond acceptors (Lipinski definition) is 2. The molecule has 0 bridgehead atoms. The van der Waals surface area contributed by atoms with Crippen LogP contribution in [0.25, 0.3) is 6.08 Å². The van der Waals surface area contributed by atoms with Crippen molar-refractivity contribution in [2.75, 3.05) is 23.7 Å². The molecule has 1 heterocycles. The van der Waals surface area contributed by atoms with E-state index in [4.69, 9.17) is 0 Å². The Morgan fingerprint density at radius 2 is 1.57 bits per heavy atom. The van der Waals surface area contributed by atoms with Crippen LogP contribution in [0.2, 0.25) is 0 Å². The number of carbonyl (C=O) groups excluding carboxylic acids is 2. The number of amides is 3. The Labute approximate surface area is 174 Å². The quantitative estimate of drug-likeness (QED) is 0.717. The molecule has 0 aromatic heterocycles. The zero-order chi connectivity index (χ0) is 21.7. The fourth-order valence-electron chi connectivity index (χ4n) is 3.11. The first-order valence-corrected chi connectivity index (χ1v) is 9.93. The summed E-state index contributed by atoms with van der Waals surface area (Å²) in [7, 11) is 0. The van der Waals surface area contributed by atoms with Gasteiger partial charge in [0, 0.05) is 35.9 Å². The van der Waals surface area contributed by atoms with Crippen molar-refractivity contribution in [3.63, 3.8) is 0 Å². The van der Waals surface area contributed by atoms with Crippen LogP contribution in [0.4, 0.5) is 25.0 Å². The topological polar surface area (TPSA) is 61.4 Å². The molecule has 1 saturated heterocycles. The highest BCUT2D eigenvalue weighted by Crippen LogP contribution is 2.22. The van der Waals surface area contributed by atoms with Crippen LogP contribution in [0, 0.1) is 17.6 Å². The Balaban J connectivity index is 1.53. The molecule has 0 aliphatic carbocycles. The first-order chi connectivity index (χ1) is 14.3. The number of carbonyl (C=O) groups is 2. The molecular weight excluding hydrogens is 388 g/mol. The number of hydrogen-bond donors (Lipinski definition) is 2. The van der Waals surface area contributed by atoms with E-state index in [0.717, 1.165) is 17.7 Å². The highest BCUT2D eigenvalue weighted by molar-refractivity contribution is 5.93. The molecule has 0 saturated carbocycles. The van der Waals surface area contributed by atoms with E-state index in [1.165, 1.54) is 6.07 Å². The number of likely N-dealkylation sites (tertiary alicyclic amines) is 1. The average molecular weight is 413 g/mol. The molecule has 158 valence electrons. The van der Waals surface area contributed by atoms with Gasteiger partial charge in [-0.25, -0.2) is 13.6 Å². The van der Waals surface area contributed by atoms with Crippen LogP contribution in [0.15, 0.2) is 48.0 Å². The van der Waals surface area contributed by atoms with E-state index >= 15 is 0 Å². The zero-order valence-electron chi connectivity index (χ0n) is 17.0. The van der Waals surface area contributed by atoms with Gasteiger partial charge in [-0.2, -0.15) is 0 Å². The first-order valence-electron chi connectivity index (χ1n) is 9.93. The highest BCUT2D eigenvalue weighted by Gasteiger charge is 2.19. The van der Waals surface area contributed by atoms with E-state index in [9.17, 15) is 18.4 Å². The third kappa shape index (κ3) is 5.65. The molecule has 3 rings (SSSR count). The minimum absolute atomic E-state index is 0.0675. The Bertz CT molecular complexity index is 945. The normalized spacial score (nSPS) is 13.9. The lowest BCUT2D eigenvalue weighted by Gasteiger charge is -2.28. The summed E-state index contributed by atoms with van der Waals surface area (Å²) < 4.78 is 27.1.